The summed E-state index contributed by atoms with van der Waals surface area (Å²) in [6, 6.07) is 19.8. The van der Waals surface area contributed by atoms with Crippen molar-refractivity contribution < 1.29 is 14.4 Å². The number of nitrogens with zero attached hydrogens (tertiary/aromatic N) is 2. The Bertz CT molecular complexity index is 1160. The molecule has 0 aliphatic rings. The Hall–Kier alpha value is -3.63. The Morgan fingerprint density at radius 1 is 1.16 bits per heavy atom. The van der Waals surface area contributed by atoms with E-state index in [0.29, 0.717) is 21.5 Å². The highest BCUT2D eigenvalue weighted by Crippen LogP contribution is 2.38. The maximum absolute atomic E-state index is 10.8. The molecule has 0 spiro atoms. The Morgan fingerprint density at radius 3 is 2.42 bits per heavy atom. The molecule has 0 saturated heterocycles. The Labute approximate surface area is 188 Å². The lowest BCUT2D eigenvalue weighted by Crippen LogP contribution is -1.99. The van der Waals surface area contributed by atoms with Crippen molar-refractivity contribution in [2.45, 2.75) is 13.5 Å². The molecule has 0 atom stereocenters. The summed E-state index contributed by atoms with van der Waals surface area (Å²) in [6.45, 7) is 2.21. The van der Waals surface area contributed by atoms with Crippen LogP contribution in [0.4, 0.5) is 5.69 Å². The lowest BCUT2D eigenvalue weighted by atomic mass is 10.0. The van der Waals surface area contributed by atoms with Crippen LogP contribution in [0.1, 0.15) is 22.3 Å². The molecule has 0 unspecified atom stereocenters. The molecule has 3 aromatic rings. The molecule has 3 rings (SSSR count). The second kappa shape index (κ2) is 9.92. The number of nitriles is 1. The minimum Gasteiger partial charge on any atom is -0.493 e. The van der Waals surface area contributed by atoms with Gasteiger partial charge < -0.3 is 9.47 Å². The van der Waals surface area contributed by atoms with Crippen LogP contribution in [-0.2, 0) is 6.61 Å². The zero-order valence-electron chi connectivity index (χ0n) is 17.0. The van der Waals surface area contributed by atoms with E-state index in [0.717, 1.165) is 22.3 Å². The highest BCUT2D eigenvalue weighted by atomic mass is 79.9. The Balaban J connectivity index is 1.84. The molecule has 0 aliphatic heterocycles. The normalized spacial score (nSPS) is 11.0. The summed E-state index contributed by atoms with van der Waals surface area (Å²) in [4.78, 5) is 10.3. The van der Waals surface area contributed by atoms with Crippen LogP contribution in [0.5, 0.6) is 11.5 Å². The summed E-state index contributed by atoms with van der Waals surface area (Å²) in [6.07, 6.45) is 1.79. The average Bonchev–Trinajstić information content (AvgIpc) is 2.77. The van der Waals surface area contributed by atoms with Gasteiger partial charge in [-0.15, -0.1) is 0 Å². The molecule has 156 valence electrons. The standard InChI is InChI=1S/C24H19BrN2O4/c1-16-3-7-19(8-4-16)20(14-26)11-18-12-22(25)24(23(13-18)30-2)31-15-17-5-9-21(10-6-17)27(28)29/h3-13H,15H2,1-2H3/b20-11-. The fourth-order valence-electron chi connectivity index (χ4n) is 2.91. The first-order valence-corrected chi connectivity index (χ1v) is 10.1. The summed E-state index contributed by atoms with van der Waals surface area (Å²) >= 11 is 3.51. The van der Waals surface area contributed by atoms with Crippen LogP contribution in [0.2, 0.25) is 0 Å². The number of aryl methyl sites for hydroxylation is 1. The third-order valence-corrected chi connectivity index (χ3v) is 5.17. The van der Waals surface area contributed by atoms with Crippen molar-refractivity contribution >= 4 is 33.3 Å². The highest BCUT2D eigenvalue weighted by Gasteiger charge is 2.13. The van der Waals surface area contributed by atoms with Gasteiger partial charge in [0.25, 0.3) is 5.69 Å². The van der Waals surface area contributed by atoms with E-state index in [-0.39, 0.29) is 12.3 Å². The summed E-state index contributed by atoms with van der Waals surface area (Å²) in [5.41, 5.74) is 4.09. The quantitative estimate of drug-likeness (QED) is 0.171. The third kappa shape index (κ3) is 5.50. The number of benzene rings is 3. The topological polar surface area (TPSA) is 85.4 Å². The van der Waals surface area contributed by atoms with E-state index in [1.807, 2.05) is 37.3 Å². The molecule has 0 saturated carbocycles. The van der Waals surface area contributed by atoms with Gasteiger partial charge in [0, 0.05) is 12.1 Å². The summed E-state index contributed by atoms with van der Waals surface area (Å²) in [5, 5.41) is 20.4. The average molecular weight is 479 g/mol. The highest BCUT2D eigenvalue weighted by molar-refractivity contribution is 9.10. The molecule has 6 nitrogen and oxygen atoms in total. The Morgan fingerprint density at radius 2 is 1.84 bits per heavy atom. The maximum atomic E-state index is 10.8. The number of rotatable bonds is 7. The molecule has 7 heteroatoms. The van der Waals surface area contributed by atoms with Crippen molar-refractivity contribution in [2.24, 2.45) is 0 Å². The van der Waals surface area contributed by atoms with Gasteiger partial charge in [0.2, 0.25) is 0 Å². The smallest absolute Gasteiger partial charge is 0.269 e. The van der Waals surface area contributed by atoms with Gasteiger partial charge >= 0.3 is 0 Å². The van der Waals surface area contributed by atoms with Gasteiger partial charge in [-0.25, -0.2) is 0 Å². The number of hydrogen-bond acceptors (Lipinski definition) is 5. The first-order valence-electron chi connectivity index (χ1n) is 9.33. The molecule has 0 aromatic heterocycles. The Kier molecular flexibility index (Phi) is 7.06. The van der Waals surface area contributed by atoms with Crippen LogP contribution in [0.15, 0.2) is 65.1 Å². The molecule has 31 heavy (non-hydrogen) atoms. The van der Waals surface area contributed by atoms with Crippen LogP contribution in [0.25, 0.3) is 11.6 Å². The molecular weight excluding hydrogens is 460 g/mol. The molecule has 0 bridgehead atoms. The van der Waals surface area contributed by atoms with E-state index in [4.69, 9.17) is 9.47 Å². The number of hydrogen-bond donors (Lipinski definition) is 0. The number of allylic oxidation sites excluding steroid dienone is 1. The SMILES string of the molecule is COc1cc(/C=C(/C#N)c2ccc(C)cc2)cc(Br)c1OCc1ccc([N+](=O)[O-])cc1. The van der Waals surface area contributed by atoms with E-state index in [9.17, 15) is 15.4 Å². The molecule has 0 radical (unpaired) electrons. The molecule has 0 amide bonds. The van der Waals surface area contributed by atoms with Gasteiger partial charge in [-0.1, -0.05) is 29.8 Å². The third-order valence-electron chi connectivity index (χ3n) is 4.58. The molecule has 0 heterocycles. The van der Waals surface area contributed by atoms with Gasteiger partial charge in [-0.3, -0.25) is 10.1 Å². The lowest BCUT2D eigenvalue weighted by molar-refractivity contribution is -0.384. The number of nitro benzene ring substituents is 1. The van der Waals surface area contributed by atoms with E-state index < -0.39 is 4.92 Å². The summed E-state index contributed by atoms with van der Waals surface area (Å²) in [5.74, 6) is 1.01. The first-order chi connectivity index (χ1) is 14.9. The van der Waals surface area contributed by atoms with Crippen molar-refractivity contribution in [3.63, 3.8) is 0 Å². The molecule has 3 aromatic carbocycles. The fourth-order valence-corrected chi connectivity index (χ4v) is 3.49. The molecule has 0 aliphatic carbocycles. The van der Waals surface area contributed by atoms with Crippen LogP contribution < -0.4 is 9.47 Å². The van der Waals surface area contributed by atoms with Gasteiger partial charge in [0.05, 0.1) is 28.1 Å². The molecular formula is C24H19BrN2O4. The minimum atomic E-state index is -0.442. The van der Waals surface area contributed by atoms with Crippen molar-refractivity contribution in [2.75, 3.05) is 7.11 Å². The zero-order valence-corrected chi connectivity index (χ0v) is 18.5. The van der Waals surface area contributed by atoms with E-state index in [2.05, 4.69) is 22.0 Å². The largest absolute Gasteiger partial charge is 0.493 e. The van der Waals surface area contributed by atoms with Gasteiger partial charge in [0.1, 0.15) is 6.61 Å². The van der Waals surface area contributed by atoms with Gasteiger partial charge in [0.15, 0.2) is 11.5 Å². The zero-order chi connectivity index (χ0) is 22.4. The maximum Gasteiger partial charge on any atom is 0.269 e. The van der Waals surface area contributed by atoms with Gasteiger partial charge in [-0.05, 0) is 69.9 Å². The van der Waals surface area contributed by atoms with Crippen molar-refractivity contribution in [1.82, 2.24) is 0 Å². The van der Waals surface area contributed by atoms with Gasteiger partial charge in [-0.2, -0.15) is 5.26 Å². The fraction of sp³-hybridized carbons (Fsp3) is 0.125. The predicted molar refractivity (Wildman–Crippen MR) is 123 cm³/mol. The lowest BCUT2D eigenvalue weighted by Gasteiger charge is -2.14. The van der Waals surface area contributed by atoms with Crippen LogP contribution in [-0.4, -0.2) is 12.0 Å². The van der Waals surface area contributed by atoms with E-state index in [1.165, 1.54) is 12.1 Å². The predicted octanol–water partition coefficient (Wildman–Crippen LogP) is 6.32. The molecule has 0 N–H and O–H groups in total. The van der Waals surface area contributed by atoms with Crippen molar-refractivity contribution in [3.8, 4) is 17.6 Å². The first kappa shape index (κ1) is 22.1. The van der Waals surface area contributed by atoms with Crippen LogP contribution in [0, 0.1) is 28.4 Å². The minimum absolute atomic E-state index is 0.0283. The van der Waals surface area contributed by atoms with Crippen LogP contribution in [0.3, 0.4) is 0 Å². The summed E-state index contributed by atoms with van der Waals surface area (Å²) in [7, 11) is 1.54. The number of halogens is 1. The van der Waals surface area contributed by atoms with Crippen molar-refractivity contribution in [3.05, 3.63) is 97.5 Å². The second-order valence-corrected chi connectivity index (χ2v) is 7.64. The van der Waals surface area contributed by atoms with Crippen molar-refractivity contribution in [1.29, 1.82) is 5.26 Å². The monoisotopic (exact) mass is 478 g/mol. The van der Waals surface area contributed by atoms with Crippen LogP contribution >= 0.6 is 15.9 Å². The second-order valence-electron chi connectivity index (χ2n) is 6.78. The number of ether oxygens (including phenoxy) is 2. The summed E-state index contributed by atoms with van der Waals surface area (Å²) < 4.78 is 12.1. The molecule has 0 fully saturated rings. The van der Waals surface area contributed by atoms with E-state index in [1.54, 1.807) is 31.4 Å². The number of nitro groups is 1. The van der Waals surface area contributed by atoms with E-state index >= 15 is 0 Å². The number of methoxy groups -OCH3 is 1. The number of non-ortho nitro benzene ring substituents is 1.